The molecule has 1 N–H and O–H groups in total. The SMILES string of the molecule is C=C(C)COCCNC1COC(C)(C)OC1. The Labute approximate surface area is 97.9 Å². The predicted octanol–water partition coefficient (Wildman–Crippen LogP) is 1.32. The average molecular weight is 229 g/mol. The van der Waals surface area contributed by atoms with Crippen LogP contribution in [0.2, 0.25) is 0 Å². The molecule has 16 heavy (non-hydrogen) atoms. The third-order valence-corrected chi connectivity index (χ3v) is 2.29. The summed E-state index contributed by atoms with van der Waals surface area (Å²) < 4.78 is 16.5. The molecular weight excluding hydrogens is 206 g/mol. The van der Waals surface area contributed by atoms with Gasteiger partial charge in [-0.25, -0.2) is 0 Å². The Kier molecular flexibility index (Phi) is 5.41. The molecule has 1 aliphatic heterocycles. The van der Waals surface area contributed by atoms with Crippen LogP contribution in [0, 0.1) is 0 Å². The summed E-state index contributed by atoms with van der Waals surface area (Å²) in [7, 11) is 0. The molecule has 1 saturated heterocycles. The molecule has 4 heteroatoms. The summed E-state index contributed by atoms with van der Waals surface area (Å²) in [5.74, 6) is -0.436. The molecule has 1 aliphatic rings. The second-order valence-corrected chi connectivity index (χ2v) is 4.68. The first kappa shape index (κ1) is 13.6. The predicted molar refractivity (Wildman–Crippen MR) is 63.4 cm³/mol. The largest absolute Gasteiger partial charge is 0.376 e. The van der Waals surface area contributed by atoms with Crippen LogP contribution in [0.5, 0.6) is 0 Å². The fourth-order valence-corrected chi connectivity index (χ4v) is 1.39. The van der Waals surface area contributed by atoms with Gasteiger partial charge in [-0.3, -0.25) is 0 Å². The second-order valence-electron chi connectivity index (χ2n) is 4.68. The van der Waals surface area contributed by atoms with E-state index >= 15 is 0 Å². The van der Waals surface area contributed by atoms with Crippen molar-refractivity contribution >= 4 is 0 Å². The summed E-state index contributed by atoms with van der Waals surface area (Å²) in [6.07, 6.45) is 0. The molecule has 0 aromatic rings. The van der Waals surface area contributed by atoms with Crippen molar-refractivity contribution in [2.24, 2.45) is 0 Å². The zero-order valence-electron chi connectivity index (χ0n) is 10.5. The summed E-state index contributed by atoms with van der Waals surface area (Å²) in [6.45, 7) is 13.1. The van der Waals surface area contributed by atoms with Crippen molar-refractivity contribution < 1.29 is 14.2 Å². The Balaban J connectivity index is 2.00. The van der Waals surface area contributed by atoms with Crippen LogP contribution >= 0.6 is 0 Å². The molecule has 1 rings (SSSR count). The maximum Gasteiger partial charge on any atom is 0.162 e. The van der Waals surface area contributed by atoms with Crippen LogP contribution in [0.4, 0.5) is 0 Å². The molecule has 0 bridgehead atoms. The van der Waals surface area contributed by atoms with Crippen molar-refractivity contribution in [1.82, 2.24) is 5.32 Å². The molecule has 0 saturated carbocycles. The molecule has 0 aromatic carbocycles. The number of ether oxygens (including phenoxy) is 3. The standard InChI is InChI=1S/C12H23NO3/c1-10(2)7-14-6-5-13-11-8-15-12(3,4)16-9-11/h11,13H,1,5-9H2,2-4H3. The lowest BCUT2D eigenvalue weighted by Crippen LogP contribution is -2.49. The van der Waals surface area contributed by atoms with Crippen molar-refractivity contribution in [2.75, 3.05) is 33.0 Å². The maximum atomic E-state index is 5.53. The minimum absolute atomic E-state index is 0.265. The first-order valence-electron chi connectivity index (χ1n) is 5.73. The van der Waals surface area contributed by atoms with Gasteiger partial charge in [0.2, 0.25) is 0 Å². The average Bonchev–Trinajstić information content (AvgIpc) is 2.19. The Morgan fingerprint density at radius 2 is 2.06 bits per heavy atom. The van der Waals surface area contributed by atoms with Gasteiger partial charge >= 0.3 is 0 Å². The highest BCUT2D eigenvalue weighted by molar-refractivity contribution is 4.87. The van der Waals surface area contributed by atoms with E-state index in [1.54, 1.807) is 0 Å². The summed E-state index contributed by atoms with van der Waals surface area (Å²) in [6, 6.07) is 0.265. The molecule has 0 unspecified atom stereocenters. The van der Waals surface area contributed by atoms with Crippen LogP contribution in [0.15, 0.2) is 12.2 Å². The second kappa shape index (κ2) is 6.35. The topological polar surface area (TPSA) is 39.7 Å². The summed E-state index contributed by atoms with van der Waals surface area (Å²) in [4.78, 5) is 0. The van der Waals surface area contributed by atoms with Crippen LogP contribution in [0.25, 0.3) is 0 Å². The van der Waals surface area contributed by atoms with Gasteiger partial charge in [0.15, 0.2) is 5.79 Å². The lowest BCUT2D eigenvalue weighted by atomic mass is 10.2. The van der Waals surface area contributed by atoms with Crippen LogP contribution in [-0.4, -0.2) is 44.8 Å². The van der Waals surface area contributed by atoms with E-state index in [1.807, 2.05) is 20.8 Å². The zero-order chi connectivity index (χ0) is 12.0. The molecule has 0 aliphatic carbocycles. The van der Waals surface area contributed by atoms with E-state index in [0.717, 1.165) is 12.1 Å². The Bertz CT molecular complexity index is 218. The molecule has 0 atom stereocenters. The first-order chi connectivity index (χ1) is 7.49. The summed E-state index contributed by atoms with van der Waals surface area (Å²) >= 11 is 0. The van der Waals surface area contributed by atoms with Gasteiger partial charge in [0.1, 0.15) is 0 Å². The van der Waals surface area contributed by atoms with E-state index in [4.69, 9.17) is 14.2 Å². The number of rotatable bonds is 6. The molecule has 0 aromatic heterocycles. The van der Waals surface area contributed by atoms with Crippen LogP contribution in [0.3, 0.4) is 0 Å². The van der Waals surface area contributed by atoms with Crippen LogP contribution in [-0.2, 0) is 14.2 Å². The van der Waals surface area contributed by atoms with Crippen LogP contribution in [0.1, 0.15) is 20.8 Å². The smallest absolute Gasteiger partial charge is 0.162 e. The highest BCUT2D eigenvalue weighted by Crippen LogP contribution is 2.16. The molecule has 1 heterocycles. The van der Waals surface area contributed by atoms with Gasteiger partial charge in [-0.05, 0) is 20.8 Å². The van der Waals surface area contributed by atoms with E-state index in [-0.39, 0.29) is 6.04 Å². The Morgan fingerprint density at radius 1 is 1.44 bits per heavy atom. The van der Waals surface area contributed by atoms with Gasteiger partial charge in [-0.1, -0.05) is 12.2 Å². The normalized spacial score (nSPS) is 20.9. The highest BCUT2D eigenvalue weighted by atomic mass is 16.7. The van der Waals surface area contributed by atoms with Gasteiger partial charge in [0.05, 0.1) is 32.5 Å². The number of hydrogen-bond donors (Lipinski definition) is 1. The molecule has 1 fully saturated rings. The first-order valence-corrected chi connectivity index (χ1v) is 5.73. The van der Waals surface area contributed by atoms with Gasteiger partial charge in [0.25, 0.3) is 0 Å². The molecule has 4 nitrogen and oxygen atoms in total. The van der Waals surface area contributed by atoms with E-state index in [2.05, 4.69) is 11.9 Å². The monoisotopic (exact) mass is 229 g/mol. The van der Waals surface area contributed by atoms with Crippen molar-refractivity contribution in [2.45, 2.75) is 32.6 Å². The van der Waals surface area contributed by atoms with E-state index < -0.39 is 5.79 Å². The summed E-state index contributed by atoms with van der Waals surface area (Å²) in [5.41, 5.74) is 1.05. The fourth-order valence-electron chi connectivity index (χ4n) is 1.39. The third-order valence-electron chi connectivity index (χ3n) is 2.29. The lowest BCUT2D eigenvalue weighted by molar-refractivity contribution is -0.252. The van der Waals surface area contributed by atoms with Crippen molar-refractivity contribution in [1.29, 1.82) is 0 Å². The number of hydrogen-bond acceptors (Lipinski definition) is 4. The maximum absolute atomic E-state index is 5.53. The minimum Gasteiger partial charge on any atom is -0.376 e. The quantitative estimate of drug-likeness (QED) is 0.551. The third kappa shape index (κ3) is 5.61. The highest BCUT2D eigenvalue weighted by Gasteiger charge is 2.27. The Hall–Kier alpha value is -0.420. The van der Waals surface area contributed by atoms with Crippen molar-refractivity contribution in [3.8, 4) is 0 Å². The van der Waals surface area contributed by atoms with E-state index in [0.29, 0.717) is 26.4 Å². The lowest BCUT2D eigenvalue weighted by Gasteiger charge is -2.35. The molecule has 94 valence electrons. The van der Waals surface area contributed by atoms with Gasteiger partial charge < -0.3 is 19.5 Å². The molecule has 0 amide bonds. The van der Waals surface area contributed by atoms with E-state index in [9.17, 15) is 0 Å². The molecule has 0 radical (unpaired) electrons. The summed E-state index contributed by atoms with van der Waals surface area (Å²) in [5, 5.41) is 3.33. The number of nitrogens with one attached hydrogen (secondary N) is 1. The van der Waals surface area contributed by atoms with Crippen LogP contribution < -0.4 is 5.32 Å². The van der Waals surface area contributed by atoms with Crippen molar-refractivity contribution in [3.05, 3.63) is 12.2 Å². The minimum atomic E-state index is -0.436. The van der Waals surface area contributed by atoms with Gasteiger partial charge in [0, 0.05) is 6.54 Å². The fraction of sp³-hybridized carbons (Fsp3) is 0.833. The molecule has 0 spiro atoms. The van der Waals surface area contributed by atoms with Gasteiger partial charge in [-0.2, -0.15) is 0 Å². The molecular formula is C12H23NO3. The van der Waals surface area contributed by atoms with Gasteiger partial charge in [-0.15, -0.1) is 0 Å². The van der Waals surface area contributed by atoms with E-state index in [1.165, 1.54) is 0 Å². The zero-order valence-corrected chi connectivity index (χ0v) is 10.5. The Morgan fingerprint density at radius 3 is 2.62 bits per heavy atom. The van der Waals surface area contributed by atoms with Crippen molar-refractivity contribution in [3.63, 3.8) is 0 Å².